The molecule has 0 spiro atoms. The van der Waals surface area contributed by atoms with Crippen molar-refractivity contribution in [3.05, 3.63) is 34.9 Å². The van der Waals surface area contributed by atoms with Gasteiger partial charge in [-0.2, -0.15) is 0 Å². The molecule has 1 saturated heterocycles. The molecule has 2 aromatic rings. The Morgan fingerprint density at radius 3 is 3.12 bits per heavy atom. The molecule has 0 aliphatic carbocycles. The summed E-state index contributed by atoms with van der Waals surface area (Å²) in [7, 11) is 0. The molecule has 3 heterocycles. The molecule has 2 aromatic heterocycles. The van der Waals surface area contributed by atoms with Gasteiger partial charge in [0, 0.05) is 6.20 Å². The monoisotopic (exact) mass is 249 g/mol. The van der Waals surface area contributed by atoms with Gasteiger partial charge in [-0.1, -0.05) is 11.6 Å². The van der Waals surface area contributed by atoms with E-state index in [2.05, 4.69) is 10.3 Å². The zero-order valence-corrected chi connectivity index (χ0v) is 9.94. The minimum Gasteiger partial charge on any atom is -0.307 e. The molecule has 5 heteroatoms. The van der Waals surface area contributed by atoms with E-state index in [0.717, 1.165) is 37.0 Å². The fraction of sp³-hybridized carbons (Fsp3) is 0.333. The lowest BCUT2D eigenvalue weighted by Gasteiger charge is -2.08. The van der Waals surface area contributed by atoms with Crippen LogP contribution in [0.1, 0.15) is 35.2 Å². The molecule has 17 heavy (non-hydrogen) atoms. The van der Waals surface area contributed by atoms with Crippen LogP contribution in [0.2, 0.25) is 5.02 Å². The lowest BCUT2D eigenvalue weighted by atomic mass is 10.2. The molecule has 4 nitrogen and oxygen atoms in total. The van der Waals surface area contributed by atoms with Gasteiger partial charge in [-0.3, -0.25) is 4.79 Å². The van der Waals surface area contributed by atoms with E-state index < -0.39 is 0 Å². The van der Waals surface area contributed by atoms with Gasteiger partial charge < -0.3 is 9.72 Å². The molecule has 0 aromatic carbocycles. The van der Waals surface area contributed by atoms with Crippen LogP contribution in [-0.2, 0) is 0 Å². The van der Waals surface area contributed by atoms with Crippen molar-refractivity contribution < 1.29 is 4.79 Å². The van der Waals surface area contributed by atoms with Crippen LogP contribution in [0.4, 0.5) is 0 Å². The van der Waals surface area contributed by atoms with E-state index in [1.54, 1.807) is 6.07 Å². The summed E-state index contributed by atoms with van der Waals surface area (Å²) in [4.78, 5) is 15.4. The predicted octanol–water partition coefficient (Wildman–Crippen LogP) is 2.22. The molecule has 1 aliphatic rings. The Kier molecular flexibility index (Phi) is 2.61. The fourth-order valence-corrected chi connectivity index (χ4v) is 2.51. The highest BCUT2D eigenvalue weighted by molar-refractivity contribution is 6.30. The smallest absolute Gasteiger partial charge is 0.170 e. The number of fused-ring (bicyclic) bond motifs is 1. The number of nitrogens with zero attached hydrogens (tertiary/aromatic N) is 2. The molecule has 1 unspecified atom stereocenters. The standard InChI is InChI=1S/C12H12ClN3O/c13-8-3-4-11-10(7-17)15-12(16(11)6-8)9-2-1-5-14-9/h3-4,6-7,9,14H,1-2,5H2. The largest absolute Gasteiger partial charge is 0.307 e. The highest BCUT2D eigenvalue weighted by atomic mass is 35.5. The molecular formula is C12H12ClN3O. The first kappa shape index (κ1) is 10.7. The van der Waals surface area contributed by atoms with Crippen LogP contribution < -0.4 is 5.32 Å². The van der Waals surface area contributed by atoms with Gasteiger partial charge in [-0.15, -0.1) is 0 Å². The van der Waals surface area contributed by atoms with Crippen molar-refractivity contribution in [3.8, 4) is 0 Å². The number of carbonyl (C=O) groups is 1. The van der Waals surface area contributed by atoms with Gasteiger partial charge >= 0.3 is 0 Å². The summed E-state index contributed by atoms with van der Waals surface area (Å²) < 4.78 is 1.91. The minimum absolute atomic E-state index is 0.217. The number of hydrogen-bond donors (Lipinski definition) is 1. The first-order chi connectivity index (χ1) is 8.29. The number of aromatic nitrogens is 2. The Bertz CT molecular complexity index is 572. The van der Waals surface area contributed by atoms with Crippen LogP contribution in [0.15, 0.2) is 18.3 Å². The van der Waals surface area contributed by atoms with Gasteiger partial charge in [-0.05, 0) is 31.5 Å². The van der Waals surface area contributed by atoms with Crippen LogP contribution in [0.25, 0.3) is 5.52 Å². The van der Waals surface area contributed by atoms with Crippen molar-refractivity contribution in [1.82, 2.24) is 14.7 Å². The molecule has 0 amide bonds. The van der Waals surface area contributed by atoms with E-state index >= 15 is 0 Å². The van der Waals surface area contributed by atoms with Crippen molar-refractivity contribution in [2.24, 2.45) is 0 Å². The Balaban J connectivity index is 2.22. The molecule has 1 fully saturated rings. The summed E-state index contributed by atoms with van der Waals surface area (Å²) in [6.45, 7) is 0.997. The van der Waals surface area contributed by atoms with E-state index in [9.17, 15) is 4.79 Å². The van der Waals surface area contributed by atoms with Crippen LogP contribution in [0.5, 0.6) is 0 Å². The van der Waals surface area contributed by atoms with Gasteiger partial charge in [0.15, 0.2) is 6.29 Å². The minimum atomic E-state index is 0.217. The third kappa shape index (κ3) is 1.73. The van der Waals surface area contributed by atoms with E-state index in [1.807, 2.05) is 16.7 Å². The van der Waals surface area contributed by atoms with Crippen LogP contribution in [0.3, 0.4) is 0 Å². The number of aldehydes is 1. The first-order valence-corrected chi connectivity index (χ1v) is 6.03. The molecular weight excluding hydrogens is 238 g/mol. The third-order valence-corrected chi connectivity index (χ3v) is 3.36. The van der Waals surface area contributed by atoms with E-state index in [1.165, 1.54) is 0 Å². The number of carbonyl (C=O) groups excluding carboxylic acids is 1. The number of halogens is 1. The zero-order valence-electron chi connectivity index (χ0n) is 9.19. The van der Waals surface area contributed by atoms with Gasteiger partial charge in [0.25, 0.3) is 0 Å². The van der Waals surface area contributed by atoms with Crippen molar-refractivity contribution in [3.63, 3.8) is 0 Å². The van der Waals surface area contributed by atoms with Gasteiger partial charge in [0.1, 0.15) is 11.5 Å². The SMILES string of the molecule is O=Cc1nc(C2CCCN2)n2cc(Cl)ccc12. The number of imidazole rings is 1. The normalized spacial score (nSPS) is 19.9. The highest BCUT2D eigenvalue weighted by Gasteiger charge is 2.22. The quantitative estimate of drug-likeness (QED) is 0.831. The van der Waals surface area contributed by atoms with Gasteiger partial charge in [0.2, 0.25) is 0 Å². The predicted molar refractivity (Wildman–Crippen MR) is 65.6 cm³/mol. The maximum atomic E-state index is 11.0. The van der Waals surface area contributed by atoms with Gasteiger partial charge in [0.05, 0.1) is 16.6 Å². The van der Waals surface area contributed by atoms with Crippen LogP contribution in [-0.4, -0.2) is 22.2 Å². The number of nitrogens with one attached hydrogen (secondary N) is 1. The summed E-state index contributed by atoms with van der Waals surface area (Å²) in [6, 6.07) is 3.82. The Labute approximate surface area is 104 Å². The maximum absolute atomic E-state index is 11.0. The summed E-state index contributed by atoms with van der Waals surface area (Å²) in [5.41, 5.74) is 1.29. The summed E-state index contributed by atoms with van der Waals surface area (Å²) in [6.07, 6.45) is 4.79. The second kappa shape index (κ2) is 4.13. The average Bonchev–Trinajstić information content (AvgIpc) is 2.94. The molecule has 0 radical (unpaired) electrons. The second-order valence-corrected chi connectivity index (χ2v) is 4.66. The first-order valence-electron chi connectivity index (χ1n) is 5.65. The number of hydrogen-bond acceptors (Lipinski definition) is 3. The highest BCUT2D eigenvalue weighted by Crippen LogP contribution is 2.25. The van der Waals surface area contributed by atoms with Gasteiger partial charge in [-0.25, -0.2) is 4.98 Å². The summed E-state index contributed by atoms with van der Waals surface area (Å²) >= 11 is 5.99. The van der Waals surface area contributed by atoms with Crippen LogP contribution >= 0.6 is 11.6 Å². The summed E-state index contributed by atoms with van der Waals surface area (Å²) in [5, 5.41) is 4.02. The number of rotatable bonds is 2. The van der Waals surface area contributed by atoms with Crippen molar-refractivity contribution in [1.29, 1.82) is 0 Å². The average molecular weight is 250 g/mol. The lowest BCUT2D eigenvalue weighted by Crippen LogP contribution is -2.15. The van der Waals surface area contributed by atoms with E-state index in [0.29, 0.717) is 10.7 Å². The van der Waals surface area contributed by atoms with Crippen molar-refractivity contribution >= 4 is 23.4 Å². The topological polar surface area (TPSA) is 46.4 Å². The molecule has 0 bridgehead atoms. The molecule has 0 saturated carbocycles. The molecule has 88 valence electrons. The lowest BCUT2D eigenvalue weighted by molar-refractivity contribution is 0.112. The Hall–Kier alpha value is -1.39. The molecule has 1 atom stereocenters. The summed E-state index contributed by atoms with van der Waals surface area (Å²) in [5.74, 6) is 0.877. The van der Waals surface area contributed by atoms with Crippen molar-refractivity contribution in [2.45, 2.75) is 18.9 Å². The Morgan fingerprint density at radius 2 is 2.41 bits per heavy atom. The zero-order chi connectivity index (χ0) is 11.8. The van der Waals surface area contributed by atoms with E-state index in [4.69, 9.17) is 11.6 Å². The van der Waals surface area contributed by atoms with Crippen LogP contribution in [0, 0.1) is 0 Å². The maximum Gasteiger partial charge on any atom is 0.170 e. The fourth-order valence-electron chi connectivity index (χ4n) is 2.35. The molecule has 1 N–H and O–H groups in total. The van der Waals surface area contributed by atoms with Crippen molar-refractivity contribution in [2.75, 3.05) is 6.54 Å². The second-order valence-electron chi connectivity index (χ2n) is 4.22. The third-order valence-electron chi connectivity index (χ3n) is 3.14. The number of pyridine rings is 1. The van der Waals surface area contributed by atoms with E-state index in [-0.39, 0.29) is 6.04 Å². The molecule has 3 rings (SSSR count). The molecule has 1 aliphatic heterocycles. The Morgan fingerprint density at radius 1 is 1.53 bits per heavy atom.